The van der Waals surface area contributed by atoms with Crippen LogP contribution in [0, 0.1) is 6.92 Å². The van der Waals surface area contributed by atoms with Crippen molar-refractivity contribution in [1.29, 1.82) is 0 Å². The van der Waals surface area contributed by atoms with Crippen molar-refractivity contribution in [2.45, 2.75) is 33.2 Å². The Kier molecular flexibility index (Phi) is 6.09. The van der Waals surface area contributed by atoms with Gasteiger partial charge < -0.3 is 10.2 Å². The van der Waals surface area contributed by atoms with Gasteiger partial charge in [-0.1, -0.05) is 37.6 Å². The summed E-state index contributed by atoms with van der Waals surface area (Å²) in [5.41, 5.74) is 2.83. The number of hydrogen-bond acceptors (Lipinski definition) is 4. The summed E-state index contributed by atoms with van der Waals surface area (Å²) >= 11 is 0. The molecule has 0 aliphatic rings. The Morgan fingerprint density at radius 3 is 2.61 bits per heavy atom. The quantitative estimate of drug-likeness (QED) is 0.852. The van der Waals surface area contributed by atoms with Crippen molar-refractivity contribution >= 4 is 11.7 Å². The number of anilines is 1. The van der Waals surface area contributed by atoms with E-state index in [2.05, 4.69) is 41.5 Å². The van der Waals surface area contributed by atoms with Crippen LogP contribution >= 0.6 is 0 Å². The second-order valence-corrected chi connectivity index (χ2v) is 5.66. The lowest BCUT2D eigenvalue weighted by Crippen LogP contribution is -2.28. The Morgan fingerprint density at radius 2 is 1.96 bits per heavy atom. The highest BCUT2D eigenvalue weighted by Crippen LogP contribution is 2.10. The SMILES string of the molecule is CCCCN(C)C(=O)c1ccc(NCc2ccccc2C)nn1. The third-order valence-electron chi connectivity index (χ3n) is 3.80. The van der Waals surface area contributed by atoms with Crippen molar-refractivity contribution in [2.75, 3.05) is 18.9 Å². The predicted octanol–water partition coefficient (Wildman–Crippen LogP) is 3.27. The molecule has 1 N–H and O–H groups in total. The molecule has 0 aliphatic heterocycles. The molecule has 5 heteroatoms. The van der Waals surface area contributed by atoms with Crippen molar-refractivity contribution in [3.05, 3.63) is 53.2 Å². The second kappa shape index (κ2) is 8.27. The Balaban J connectivity index is 1.94. The molecule has 23 heavy (non-hydrogen) atoms. The first kappa shape index (κ1) is 16.9. The molecule has 0 spiro atoms. The van der Waals surface area contributed by atoms with Gasteiger partial charge in [0, 0.05) is 20.1 Å². The molecule has 0 aliphatic carbocycles. The molecule has 0 saturated heterocycles. The normalized spacial score (nSPS) is 10.4. The van der Waals surface area contributed by atoms with Crippen LogP contribution in [0.15, 0.2) is 36.4 Å². The minimum Gasteiger partial charge on any atom is -0.364 e. The van der Waals surface area contributed by atoms with Crippen LogP contribution in [0.4, 0.5) is 5.82 Å². The minimum atomic E-state index is -0.0867. The molecule has 0 fully saturated rings. The monoisotopic (exact) mass is 312 g/mol. The Labute approximate surface area is 137 Å². The first-order valence-electron chi connectivity index (χ1n) is 7.99. The van der Waals surface area contributed by atoms with Gasteiger partial charge in [-0.25, -0.2) is 0 Å². The van der Waals surface area contributed by atoms with Gasteiger partial charge in [-0.15, -0.1) is 10.2 Å². The van der Waals surface area contributed by atoms with E-state index in [9.17, 15) is 4.79 Å². The first-order chi connectivity index (χ1) is 11.1. The zero-order valence-corrected chi connectivity index (χ0v) is 14.0. The number of carbonyl (C=O) groups is 1. The topological polar surface area (TPSA) is 58.1 Å². The van der Waals surface area contributed by atoms with Crippen LogP contribution in [0.3, 0.4) is 0 Å². The van der Waals surface area contributed by atoms with Crippen molar-refractivity contribution < 1.29 is 4.79 Å². The van der Waals surface area contributed by atoms with Crippen LogP contribution in [0.1, 0.15) is 41.4 Å². The third kappa shape index (κ3) is 4.77. The molecule has 1 heterocycles. The van der Waals surface area contributed by atoms with E-state index in [1.165, 1.54) is 11.1 Å². The highest BCUT2D eigenvalue weighted by molar-refractivity contribution is 5.92. The number of nitrogens with zero attached hydrogens (tertiary/aromatic N) is 3. The van der Waals surface area contributed by atoms with Gasteiger partial charge in [0.15, 0.2) is 5.69 Å². The van der Waals surface area contributed by atoms with Crippen molar-refractivity contribution in [3.63, 3.8) is 0 Å². The molecular weight excluding hydrogens is 288 g/mol. The van der Waals surface area contributed by atoms with Gasteiger partial charge in [0.1, 0.15) is 5.82 Å². The van der Waals surface area contributed by atoms with E-state index in [-0.39, 0.29) is 5.91 Å². The highest BCUT2D eigenvalue weighted by Gasteiger charge is 2.13. The number of nitrogens with one attached hydrogen (secondary N) is 1. The van der Waals surface area contributed by atoms with E-state index < -0.39 is 0 Å². The summed E-state index contributed by atoms with van der Waals surface area (Å²) in [5, 5.41) is 11.4. The average molecular weight is 312 g/mol. The molecular formula is C18H24N4O. The van der Waals surface area contributed by atoms with Crippen LogP contribution < -0.4 is 5.32 Å². The molecule has 0 atom stereocenters. The molecule has 0 unspecified atom stereocenters. The minimum absolute atomic E-state index is 0.0867. The fourth-order valence-electron chi connectivity index (χ4n) is 2.23. The largest absolute Gasteiger partial charge is 0.364 e. The Bertz CT molecular complexity index is 640. The summed E-state index contributed by atoms with van der Waals surface area (Å²) in [4.78, 5) is 13.9. The van der Waals surface area contributed by atoms with Crippen LogP contribution in [-0.4, -0.2) is 34.6 Å². The van der Waals surface area contributed by atoms with E-state index in [0.29, 0.717) is 18.1 Å². The number of benzene rings is 1. The summed E-state index contributed by atoms with van der Waals surface area (Å²) in [6.45, 7) is 5.61. The number of aryl methyl sites for hydroxylation is 1. The van der Waals surface area contributed by atoms with E-state index in [1.807, 2.05) is 12.1 Å². The summed E-state index contributed by atoms with van der Waals surface area (Å²) in [6, 6.07) is 11.7. The number of hydrogen-bond donors (Lipinski definition) is 1. The van der Waals surface area contributed by atoms with Crippen molar-refractivity contribution in [1.82, 2.24) is 15.1 Å². The van der Waals surface area contributed by atoms with E-state index in [0.717, 1.165) is 19.4 Å². The van der Waals surface area contributed by atoms with Crippen LogP contribution in [-0.2, 0) is 6.54 Å². The fraction of sp³-hybridized carbons (Fsp3) is 0.389. The zero-order valence-electron chi connectivity index (χ0n) is 14.0. The maximum atomic E-state index is 12.2. The molecule has 0 saturated carbocycles. The third-order valence-corrected chi connectivity index (χ3v) is 3.80. The lowest BCUT2D eigenvalue weighted by Gasteiger charge is -2.15. The summed E-state index contributed by atoms with van der Waals surface area (Å²) in [7, 11) is 1.80. The molecule has 5 nitrogen and oxygen atoms in total. The lowest BCUT2D eigenvalue weighted by molar-refractivity contribution is 0.0786. The van der Waals surface area contributed by atoms with Crippen LogP contribution in [0.5, 0.6) is 0 Å². The van der Waals surface area contributed by atoms with E-state index in [4.69, 9.17) is 0 Å². The number of rotatable bonds is 7. The first-order valence-corrected chi connectivity index (χ1v) is 7.99. The van der Waals surface area contributed by atoms with Crippen molar-refractivity contribution in [2.24, 2.45) is 0 Å². The van der Waals surface area contributed by atoms with Crippen LogP contribution in [0.2, 0.25) is 0 Å². The van der Waals surface area contributed by atoms with Gasteiger partial charge in [0.25, 0.3) is 5.91 Å². The molecule has 0 bridgehead atoms. The molecule has 2 aromatic rings. The van der Waals surface area contributed by atoms with E-state index in [1.54, 1.807) is 24.1 Å². The lowest BCUT2D eigenvalue weighted by atomic mass is 10.1. The predicted molar refractivity (Wildman–Crippen MR) is 92.4 cm³/mol. The molecule has 2 rings (SSSR count). The summed E-state index contributed by atoms with van der Waals surface area (Å²) in [6.07, 6.45) is 2.05. The summed E-state index contributed by atoms with van der Waals surface area (Å²) in [5.74, 6) is 0.581. The van der Waals surface area contributed by atoms with Crippen molar-refractivity contribution in [3.8, 4) is 0 Å². The number of amides is 1. The molecule has 0 radical (unpaired) electrons. The Morgan fingerprint density at radius 1 is 1.17 bits per heavy atom. The maximum absolute atomic E-state index is 12.2. The van der Waals surface area contributed by atoms with Gasteiger partial charge in [-0.05, 0) is 36.6 Å². The standard InChI is InChI=1S/C18H24N4O/c1-4-5-12-22(3)18(23)16-10-11-17(21-20-16)19-13-15-9-7-6-8-14(15)2/h6-11H,4-5,12-13H2,1-3H3,(H,19,21). The highest BCUT2D eigenvalue weighted by atomic mass is 16.2. The van der Waals surface area contributed by atoms with Gasteiger partial charge in [0.2, 0.25) is 0 Å². The molecule has 1 aromatic heterocycles. The fourth-order valence-corrected chi connectivity index (χ4v) is 2.23. The van der Waals surface area contributed by atoms with Gasteiger partial charge >= 0.3 is 0 Å². The zero-order chi connectivity index (χ0) is 16.7. The Hall–Kier alpha value is -2.43. The second-order valence-electron chi connectivity index (χ2n) is 5.66. The average Bonchev–Trinajstić information content (AvgIpc) is 2.59. The molecule has 1 aromatic carbocycles. The van der Waals surface area contributed by atoms with Gasteiger partial charge in [-0.3, -0.25) is 4.79 Å². The van der Waals surface area contributed by atoms with Gasteiger partial charge in [0.05, 0.1) is 0 Å². The summed E-state index contributed by atoms with van der Waals surface area (Å²) < 4.78 is 0. The number of carbonyl (C=O) groups excluding carboxylic acids is 1. The molecule has 1 amide bonds. The van der Waals surface area contributed by atoms with Crippen LogP contribution in [0.25, 0.3) is 0 Å². The van der Waals surface area contributed by atoms with Gasteiger partial charge in [-0.2, -0.15) is 0 Å². The molecule has 122 valence electrons. The maximum Gasteiger partial charge on any atom is 0.274 e. The smallest absolute Gasteiger partial charge is 0.274 e. The number of unbranched alkanes of at least 4 members (excludes halogenated alkanes) is 1. The number of aromatic nitrogens is 2. The van der Waals surface area contributed by atoms with E-state index >= 15 is 0 Å².